The second-order valence-electron chi connectivity index (χ2n) is 4.31. The van der Waals surface area contributed by atoms with Gasteiger partial charge in [-0.3, -0.25) is 4.40 Å². The Bertz CT molecular complexity index is 703. The van der Waals surface area contributed by atoms with Crippen molar-refractivity contribution in [2.75, 3.05) is 0 Å². The standard InChI is InChI=1S/C14H13N3O/c1-10-5-2-3-6-11(10)9-13-15-16-14-12(18)7-4-8-17(13)14/h2-8,18H,9H2,1H3. The molecule has 0 aliphatic rings. The molecular weight excluding hydrogens is 226 g/mol. The molecule has 2 heterocycles. The quantitative estimate of drug-likeness (QED) is 0.746. The molecule has 4 heteroatoms. The van der Waals surface area contributed by atoms with E-state index >= 15 is 0 Å². The van der Waals surface area contributed by atoms with Crippen molar-refractivity contribution >= 4 is 5.65 Å². The molecule has 0 atom stereocenters. The molecule has 4 nitrogen and oxygen atoms in total. The summed E-state index contributed by atoms with van der Waals surface area (Å²) in [5.74, 6) is 0.983. The molecule has 0 amide bonds. The van der Waals surface area contributed by atoms with Gasteiger partial charge in [-0.15, -0.1) is 10.2 Å². The number of benzene rings is 1. The van der Waals surface area contributed by atoms with Crippen LogP contribution in [0.5, 0.6) is 5.75 Å². The van der Waals surface area contributed by atoms with Crippen molar-refractivity contribution in [2.24, 2.45) is 0 Å². The normalized spacial score (nSPS) is 10.9. The highest BCUT2D eigenvalue weighted by Gasteiger charge is 2.09. The van der Waals surface area contributed by atoms with E-state index in [4.69, 9.17) is 0 Å². The predicted molar refractivity (Wildman–Crippen MR) is 68.6 cm³/mol. The molecule has 0 aliphatic carbocycles. The average molecular weight is 239 g/mol. The number of fused-ring (bicyclic) bond motifs is 1. The number of nitrogens with zero attached hydrogens (tertiary/aromatic N) is 3. The van der Waals surface area contributed by atoms with Crippen LogP contribution in [-0.2, 0) is 6.42 Å². The first-order valence-corrected chi connectivity index (χ1v) is 5.82. The molecule has 2 aromatic heterocycles. The smallest absolute Gasteiger partial charge is 0.203 e. The molecule has 0 bridgehead atoms. The fraction of sp³-hybridized carbons (Fsp3) is 0.143. The summed E-state index contributed by atoms with van der Waals surface area (Å²) in [6.07, 6.45) is 2.57. The van der Waals surface area contributed by atoms with Crippen LogP contribution in [0.1, 0.15) is 17.0 Å². The van der Waals surface area contributed by atoms with Crippen LogP contribution in [0.2, 0.25) is 0 Å². The third-order valence-corrected chi connectivity index (χ3v) is 3.09. The van der Waals surface area contributed by atoms with E-state index in [1.54, 1.807) is 12.1 Å². The molecule has 0 aliphatic heterocycles. The molecule has 0 fully saturated rings. The number of rotatable bonds is 2. The summed E-state index contributed by atoms with van der Waals surface area (Å²) >= 11 is 0. The van der Waals surface area contributed by atoms with E-state index in [9.17, 15) is 5.11 Å². The van der Waals surface area contributed by atoms with Gasteiger partial charge in [0.05, 0.1) is 0 Å². The van der Waals surface area contributed by atoms with E-state index in [2.05, 4.69) is 29.3 Å². The molecule has 1 N–H and O–H groups in total. The minimum atomic E-state index is 0.154. The lowest BCUT2D eigenvalue weighted by Gasteiger charge is -2.04. The maximum Gasteiger partial charge on any atom is 0.203 e. The number of pyridine rings is 1. The summed E-state index contributed by atoms with van der Waals surface area (Å²) in [5, 5.41) is 17.8. The molecule has 0 saturated heterocycles. The van der Waals surface area contributed by atoms with Crippen LogP contribution in [0, 0.1) is 6.92 Å². The summed E-state index contributed by atoms with van der Waals surface area (Å²) in [4.78, 5) is 0. The molecule has 3 aromatic rings. The van der Waals surface area contributed by atoms with Crippen LogP contribution in [0.4, 0.5) is 0 Å². The topological polar surface area (TPSA) is 50.4 Å². The Morgan fingerprint density at radius 3 is 2.78 bits per heavy atom. The van der Waals surface area contributed by atoms with Crippen LogP contribution in [0.25, 0.3) is 5.65 Å². The van der Waals surface area contributed by atoms with Crippen molar-refractivity contribution in [2.45, 2.75) is 13.3 Å². The van der Waals surface area contributed by atoms with Gasteiger partial charge in [0.25, 0.3) is 0 Å². The molecule has 18 heavy (non-hydrogen) atoms. The molecule has 0 unspecified atom stereocenters. The van der Waals surface area contributed by atoms with Crippen molar-refractivity contribution in [3.63, 3.8) is 0 Å². The highest BCUT2D eigenvalue weighted by Crippen LogP contribution is 2.18. The van der Waals surface area contributed by atoms with E-state index in [1.807, 2.05) is 22.7 Å². The lowest BCUT2D eigenvalue weighted by atomic mass is 10.1. The Morgan fingerprint density at radius 2 is 1.94 bits per heavy atom. The Morgan fingerprint density at radius 1 is 1.11 bits per heavy atom. The van der Waals surface area contributed by atoms with Crippen molar-refractivity contribution in [1.29, 1.82) is 0 Å². The largest absolute Gasteiger partial charge is 0.504 e. The van der Waals surface area contributed by atoms with E-state index in [0.29, 0.717) is 12.1 Å². The average Bonchev–Trinajstić information content (AvgIpc) is 2.77. The number of hydrogen-bond donors (Lipinski definition) is 1. The second-order valence-corrected chi connectivity index (χ2v) is 4.31. The Kier molecular flexibility index (Phi) is 2.48. The molecule has 0 radical (unpaired) electrons. The van der Waals surface area contributed by atoms with E-state index < -0.39 is 0 Å². The minimum absolute atomic E-state index is 0.154. The first kappa shape index (κ1) is 10.8. The number of hydrogen-bond acceptors (Lipinski definition) is 3. The lowest BCUT2D eigenvalue weighted by Crippen LogP contribution is -1.97. The number of aryl methyl sites for hydroxylation is 1. The van der Waals surface area contributed by atoms with Crippen molar-refractivity contribution in [3.8, 4) is 5.75 Å². The van der Waals surface area contributed by atoms with Crippen LogP contribution >= 0.6 is 0 Å². The first-order chi connectivity index (χ1) is 8.75. The van der Waals surface area contributed by atoms with Crippen LogP contribution in [0.15, 0.2) is 42.6 Å². The van der Waals surface area contributed by atoms with Gasteiger partial charge in [0.2, 0.25) is 5.65 Å². The summed E-state index contributed by atoms with van der Waals surface area (Å²) in [7, 11) is 0. The predicted octanol–water partition coefficient (Wildman–Crippen LogP) is 2.33. The van der Waals surface area contributed by atoms with Crippen molar-refractivity contribution in [1.82, 2.24) is 14.6 Å². The van der Waals surface area contributed by atoms with E-state index in [-0.39, 0.29) is 5.75 Å². The van der Waals surface area contributed by atoms with Gasteiger partial charge in [-0.2, -0.15) is 0 Å². The fourth-order valence-corrected chi connectivity index (χ4v) is 2.05. The number of aromatic hydroxyl groups is 1. The molecule has 3 rings (SSSR count). The first-order valence-electron chi connectivity index (χ1n) is 5.82. The summed E-state index contributed by atoms with van der Waals surface area (Å²) in [5.41, 5.74) is 2.95. The maximum absolute atomic E-state index is 9.68. The fourth-order valence-electron chi connectivity index (χ4n) is 2.05. The van der Waals surface area contributed by atoms with Crippen LogP contribution in [0.3, 0.4) is 0 Å². The lowest BCUT2D eigenvalue weighted by molar-refractivity contribution is 0.477. The monoisotopic (exact) mass is 239 g/mol. The third-order valence-electron chi connectivity index (χ3n) is 3.09. The summed E-state index contributed by atoms with van der Waals surface area (Å²) < 4.78 is 1.82. The van der Waals surface area contributed by atoms with Crippen molar-refractivity contribution in [3.05, 3.63) is 59.5 Å². The zero-order valence-corrected chi connectivity index (χ0v) is 10.0. The van der Waals surface area contributed by atoms with Gasteiger partial charge in [-0.1, -0.05) is 24.3 Å². The number of aromatic nitrogens is 3. The summed E-state index contributed by atoms with van der Waals surface area (Å²) in [6, 6.07) is 11.6. The van der Waals surface area contributed by atoms with Gasteiger partial charge in [0.15, 0.2) is 5.75 Å². The Labute approximate surface area is 105 Å². The third kappa shape index (κ3) is 1.72. The molecule has 0 saturated carbocycles. The molecule has 0 spiro atoms. The van der Waals surface area contributed by atoms with Crippen LogP contribution < -0.4 is 0 Å². The second kappa shape index (κ2) is 4.14. The van der Waals surface area contributed by atoms with Gasteiger partial charge in [0, 0.05) is 12.6 Å². The SMILES string of the molecule is Cc1ccccc1Cc1nnc2c(O)cccn12. The van der Waals surface area contributed by atoms with Crippen LogP contribution in [-0.4, -0.2) is 19.7 Å². The van der Waals surface area contributed by atoms with Gasteiger partial charge >= 0.3 is 0 Å². The van der Waals surface area contributed by atoms with E-state index in [0.717, 1.165) is 5.82 Å². The maximum atomic E-state index is 9.68. The van der Waals surface area contributed by atoms with E-state index in [1.165, 1.54) is 11.1 Å². The van der Waals surface area contributed by atoms with Gasteiger partial charge in [-0.25, -0.2) is 0 Å². The van der Waals surface area contributed by atoms with Gasteiger partial charge < -0.3 is 5.11 Å². The highest BCUT2D eigenvalue weighted by atomic mass is 16.3. The molecule has 1 aromatic carbocycles. The summed E-state index contributed by atoms with van der Waals surface area (Å²) in [6.45, 7) is 2.08. The van der Waals surface area contributed by atoms with Crippen molar-refractivity contribution < 1.29 is 5.11 Å². The zero-order chi connectivity index (χ0) is 12.5. The Balaban J connectivity index is 2.06. The zero-order valence-electron chi connectivity index (χ0n) is 10.0. The Hall–Kier alpha value is -2.36. The van der Waals surface area contributed by atoms with Gasteiger partial charge in [-0.05, 0) is 30.2 Å². The molecule has 90 valence electrons. The molecular formula is C14H13N3O. The highest BCUT2D eigenvalue weighted by molar-refractivity contribution is 5.52. The van der Waals surface area contributed by atoms with Gasteiger partial charge in [0.1, 0.15) is 5.82 Å². The minimum Gasteiger partial charge on any atom is -0.504 e.